The summed E-state index contributed by atoms with van der Waals surface area (Å²) in [6, 6.07) is 9.02. The minimum Gasteiger partial charge on any atom is -0.324 e. The highest BCUT2D eigenvalue weighted by molar-refractivity contribution is 7.99. The molecule has 1 unspecified atom stereocenters. The Hall–Kier alpha value is -2.78. The van der Waals surface area contributed by atoms with Gasteiger partial charge in [0.2, 0.25) is 11.8 Å². The number of nitrogens with zero attached hydrogens (tertiary/aromatic N) is 2. The summed E-state index contributed by atoms with van der Waals surface area (Å²) in [5, 5.41) is 2.90. The molecule has 0 radical (unpaired) electrons. The number of amides is 3. The van der Waals surface area contributed by atoms with Crippen molar-refractivity contribution in [2.24, 2.45) is 0 Å². The van der Waals surface area contributed by atoms with E-state index in [1.165, 1.54) is 24.3 Å². The van der Waals surface area contributed by atoms with Crippen LogP contribution in [-0.4, -0.2) is 48.0 Å². The molecule has 0 aromatic heterocycles. The van der Waals surface area contributed by atoms with Gasteiger partial charge in [-0.25, -0.2) is 4.90 Å². The molecule has 1 N–H and O–H groups in total. The lowest BCUT2D eigenvalue weighted by Crippen LogP contribution is -2.43. The van der Waals surface area contributed by atoms with Crippen LogP contribution < -0.4 is 10.2 Å². The van der Waals surface area contributed by atoms with Crippen LogP contribution in [0, 0.1) is 20.8 Å². The SMILES string of the molecule is Cc1cc(C)c(NC(=O)CN(C)C2CC(=O)N(c3ccc(SC(F)F)cc3)C2=O)c(C)c1. The number of rotatable bonds is 7. The van der Waals surface area contributed by atoms with Crippen LogP contribution >= 0.6 is 11.8 Å². The van der Waals surface area contributed by atoms with Gasteiger partial charge in [0.1, 0.15) is 0 Å². The molecule has 32 heavy (non-hydrogen) atoms. The van der Waals surface area contributed by atoms with E-state index in [1.54, 1.807) is 11.9 Å². The summed E-state index contributed by atoms with van der Waals surface area (Å²) in [4.78, 5) is 41.0. The average molecular weight is 462 g/mol. The fraction of sp³-hybridized carbons (Fsp3) is 0.348. The first kappa shape index (κ1) is 23.9. The first-order valence-corrected chi connectivity index (χ1v) is 10.9. The second-order valence-electron chi connectivity index (χ2n) is 7.90. The highest BCUT2D eigenvalue weighted by atomic mass is 32.2. The number of carbonyl (C=O) groups is 3. The highest BCUT2D eigenvalue weighted by Crippen LogP contribution is 2.30. The second kappa shape index (κ2) is 9.79. The largest absolute Gasteiger partial charge is 0.324 e. The van der Waals surface area contributed by atoms with Gasteiger partial charge in [0.05, 0.1) is 24.7 Å². The van der Waals surface area contributed by atoms with E-state index in [9.17, 15) is 23.2 Å². The molecular weight excluding hydrogens is 436 g/mol. The van der Waals surface area contributed by atoms with E-state index in [-0.39, 0.29) is 18.9 Å². The van der Waals surface area contributed by atoms with Crippen molar-refractivity contribution in [1.82, 2.24) is 4.90 Å². The van der Waals surface area contributed by atoms with Crippen molar-refractivity contribution in [2.45, 2.75) is 43.9 Å². The lowest BCUT2D eigenvalue weighted by molar-refractivity contribution is -0.123. The number of imide groups is 1. The summed E-state index contributed by atoms with van der Waals surface area (Å²) < 4.78 is 25.0. The number of alkyl halides is 2. The Labute approximate surface area is 190 Å². The van der Waals surface area contributed by atoms with E-state index in [4.69, 9.17) is 0 Å². The number of aryl methyl sites for hydroxylation is 3. The molecule has 3 rings (SSSR count). The second-order valence-corrected chi connectivity index (χ2v) is 8.96. The Morgan fingerprint density at radius 2 is 1.75 bits per heavy atom. The predicted octanol–water partition coefficient (Wildman–Crippen LogP) is 4.13. The molecule has 1 saturated heterocycles. The average Bonchev–Trinajstić information content (AvgIpc) is 2.99. The van der Waals surface area contributed by atoms with Crippen LogP contribution in [0.25, 0.3) is 0 Å². The zero-order valence-electron chi connectivity index (χ0n) is 18.3. The molecule has 1 aliphatic rings. The van der Waals surface area contributed by atoms with Gasteiger partial charge >= 0.3 is 0 Å². The van der Waals surface area contributed by atoms with Crippen LogP contribution in [-0.2, 0) is 14.4 Å². The summed E-state index contributed by atoms with van der Waals surface area (Å²) in [7, 11) is 1.62. The maximum atomic E-state index is 12.9. The third kappa shape index (κ3) is 5.34. The van der Waals surface area contributed by atoms with Gasteiger partial charge in [0, 0.05) is 10.6 Å². The molecule has 1 fully saturated rings. The van der Waals surface area contributed by atoms with Crippen molar-refractivity contribution in [3.63, 3.8) is 0 Å². The van der Waals surface area contributed by atoms with Gasteiger partial charge < -0.3 is 5.32 Å². The van der Waals surface area contributed by atoms with Crippen molar-refractivity contribution in [2.75, 3.05) is 23.8 Å². The number of hydrogen-bond donors (Lipinski definition) is 1. The monoisotopic (exact) mass is 461 g/mol. The summed E-state index contributed by atoms with van der Waals surface area (Å²) in [5.41, 5.74) is 4.07. The van der Waals surface area contributed by atoms with Gasteiger partial charge in [-0.3, -0.25) is 19.3 Å². The molecule has 2 aromatic carbocycles. The maximum absolute atomic E-state index is 12.9. The fourth-order valence-electron chi connectivity index (χ4n) is 3.90. The number of nitrogens with one attached hydrogen (secondary N) is 1. The van der Waals surface area contributed by atoms with Gasteiger partial charge in [-0.05, 0) is 63.2 Å². The van der Waals surface area contributed by atoms with E-state index in [0.717, 1.165) is 27.3 Å². The first-order valence-electron chi connectivity index (χ1n) is 10.1. The zero-order valence-corrected chi connectivity index (χ0v) is 19.1. The minimum atomic E-state index is -2.55. The lowest BCUT2D eigenvalue weighted by Gasteiger charge is -2.23. The minimum absolute atomic E-state index is 0.0568. The van der Waals surface area contributed by atoms with E-state index in [0.29, 0.717) is 22.3 Å². The van der Waals surface area contributed by atoms with Gasteiger partial charge in [0.25, 0.3) is 11.7 Å². The Morgan fingerprint density at radius 1 is 1.16 bits per heavy atom. The van der Waals surface area contributed by atoms with Crippen LogP contribution in [0.1, 0.15) is 23.1 Å². The Kier molecular flexibility index (Phi) is 7.30. The molecule has 1 heterocycles. The Balaban J connectivity index is 1.66. The normalized spacial score (nSPS) is 16.4. The van der Waals surface area contributed by atoms with Crippen molar-refractivity contribution in [3.05, 3.63) is 53.1 Å². The number of hydrogen-bond acceptors (Lipinski definition) is 5. The number of anilines is 2. The standard InChI is InChI=1S/C23H25F2N3O3S/c1-13-9-14(2)21(15(3)10-13)26-19(29)12-27(4)18-11-20(30)28(22(18)31)16-5-7-17(8-6-16)32-23(24)25/h5-10,18,23H,11-12H2,1-4H3,(H,26,29). The molecule has 0 spiro atoms. The molecule has 0 saturated carbocycles. The lowest BCUT2D eigenvalue weighted by atomic mass is 10.1. The molecule has 1 aliphatic heterocycles. The van der Waals surface area contributed by atoms with Crippen LogP contribution in [0.15, 0.2) is 41.3 Å². The van der Waals surface area contributed by atoms with Crippen molar-refractivity contribution in [1.29, 1.82) is 0 Å². The number of halogens is 2. The molecule has 6 nitrogen and oxygen atoms in total. The fourth-order valence-corrected chi connectivity index (χ4v) is 4.40. The van der Waals surface area contributed by atoms with Crippen LogP contribution in [0.4, 0.5) is 20.2 Å². The third-order valence-electron chi connectivity index (χ3n) is 5.31. The van der Waals surface area contributed by atoms with Crippen molar-refractivity contribution >= 4 is 40.9 Å². The molecule has 0 bridgehead atoms. The summed E-state index contributed by atoms with van der Waals surface area (Å²) in [6.07, 6.45) is -0.0568. The van der Waals surface area contributed by atoms with Gasteiger partial charge in [-0.15, -0.1) is 0 Å². The van der Waals surface area contributed by atoms with E-state index < -0.39 is 23.6 Å². The van der Waals surface area contributed by atoms with Crippen LogP contribution in [0.5, 0.6) is 0 Å². The molecule has 2 aromatic rings. The summed E-state index contributed by atoms with van der Waals surface area (Å²) >= 11 is 0.392. The van der Waals surface area contributed by atoms with Gasteiger partial charge in [-0.2, -0.15) is 8.78 Å². The Morgan fingerprint density at radius 3 is 2.31 bits per heavy atom. The number of benzene rings is 2. The van der Waals surface area contributed by atoms with Crippen LogP contribution in [0.3, 0.4) is 0 Å². The summed E-state index contributed by atoms with van der Waals surface area (Å²) in [5.74, 6) is -3.67. The Bertz CT molecular complexity index is 1020. The molecule has 170 valence electrons. The molecule has 9 heteroatoms. The molecule has 1 atom stereocenters. The number of likely N-dealkylation sites (N-methyl/N-ethyl adjacent to an activating group) is 1. The predicted molar refractivity (Wildman–Crippen MR) is 121 cm³/mol. The van der Waals surface area contributed by atoms with Crippen molar-refractivity contribution < 1.29 is 23.2 Å². The quantitative estimate of drug-likeness (QED) is 0.496. The molecule has 0 aliphatic carbocycles. The van der Waals surface area contributed by atoms with E-state index in [2.05, 4.69) is 5.32 Å². The molecular formula is C23H25F2N3O3S. The number of carbonyl (C=O) groups excluding carboxylic acids is 3. The first-order chi connectivity index (χ1) is 15.1. The third-order valence-corrected chi connectivity index (χ3v) is 6.03. The summed E-state index contributed by atoms with van der Waals surface area (Å²) in [6.45, 7) is 5.76. The van der Waals surface area contributed by atoms with Gasteiger partial charge in [-0.1, -0.05) is 29.5 Å². The van der Waals surface area contributed by atoms with Gasteiger partial charge in [0.15, 0.2) is 0 Å². The zero-order chi connectivity index (χ0) is 23.6. The molecule has 3 amide bonds. The van der Waals surface area contributed by atoms with Crippen LogP contribution in [0.2, 0.25) is 0 Å². The topological polar surface area (TPSA) is 69.7 Å². The van der Waals surface area contributed by atoms with Crippen molar-refractivity contribution in [3.8, 4) is 0 Å². The highest BCUT2D eigenvalue weighted by Gasteiger charge is 2.42. The van der Waals surface area contributed by atoms with E-state index in [1.807, 2.05) is 32.9 Å². The maximum Gasteiger partial charge on any atom is 0.288 e. The number of thioether (sulfide) groups is 1. The van der Waals surface area contributed by atoms with E-state index >= 15 is 0 Å². The smallest absolute Gasteiger partial charge is 0.288 e.